The van der Waals surface area contributed by atoms with Crippen molar-refractivity contribution in [3.05, 3.63) is 28.5 Å². The Morgan fingerprint density at radius 3 is 2.87 bits per heavy atom. The zero-order chi connectivity index (χ0) is 16.9. The molecular formula is C17H26BrN3O2. The third-order valence-corrected chi connectivity index (χ3v) is 4.17. The second-order valence-electron chi connectivity index (χ2n) is 6.99. The van der Waals surface area contributed by atoms with Gasteiger partial charge < -0.3 is 15.0 Å². The van der Waals surface area contributed by atoms with Gasteiger partial charge in [0.2, 0.25) is 0 Å². The number of ether oxygens (including phenoxy) is 1. The van der Waals surface area contributed by atoms with Crippen LogP contribution in [0.15, 0.2) is 22.9 Å². The van der Waals surface area contributed by atoms with Gasteiger partial charge in [-0.1, -0.05) is 0 Å². The van der Waals surface area contributed by atoms with Crippen LogP contribution in [0, 0.1) is 0 Å². The molecule has 2 heterocycles. The first kappa shape index (κ1) is 18.2. The molecule has 0 spiro atoms. The van der Waals surface area contributed by atoms with Crippen molar-refractivity contribution in [2.24, 2.45) is 0 Å². The maximum Gasteiger partial charge on any atom is 0.410 e. The first-order chi connectivity index (χ1) is 10.8. The summed E-state index contributed by atoms with van der Waals surface area (Å²) in [7, 11) is 0. The molecule has 2 rings (SSSR count). The third kappa shape index (κ3) is 6.47. The minimum Gasteiger partial charge on any atom is -0.444 e. The largest absolute Gasteiger partial charge is 0.444 e. The van der Waals surface area contributed by atoms with Crippen LogP contribution >= 0.6 is 15.9 Å². The molecule has 1 aliphatic heterocycles. The lowest BCUT2D eigenvalue weighted by molar-refractivity contribution is 0.0256. The lowest BCUT2D eigenvalue weighted by Crippen LogP contribution is -2.38. The minimum atomic E-state index is -0.436. The van der Waals surface area contributed by atoms with Crippen molar-refractivity contribution in [1.29, 1.82) is 0 Å². The Labute approximate surface area is 146 Å². The summed E-state index contributed by atoms with van der Waals surface area (Å²) in [5, 5.41) is 3.57. The molecule has 1 atom stereocenters. The Morgan fingerprint density at radius 1 is 1.39 bits per heavy atom. The van der Waals surface area contributed by atoms with Gasteiger partial charge in [0, 0.05) is 42.5 Å². The van der Waals surface area contributed by atoms with Crippen LogP contribution in [0.25, 0.3) is 0 Å². The van der Waals surface area contributed by atoms with Crippen molar-refractivity contribution < 1.29 is 9.53 Å². The van der Waals surface area contributed by atoms with Crippen molar-refractivity contribution in [2.45, 2.75) is 58.2 Å². The topological polar surface area (TPSA) is 54.5 Å². The molecule has 1 N–H and O–H groups in total. The first-order valence-electron chi connectivity index (χ1n) is 8.14. The molecule has 6 heteroatoms. The number of halogens is 1. The van der Waals surface area contributed by atoms with E-state index in [0.717, 1.165) is 48.9 Å². The molecule has 0 saturated carbocycles. The Hall–Kier alpha value is -1.14. The number of hydrogen-bond donors (Lipinski definition) is 1. The molecular weight excluding hydrogens is 358 g/mol. The lowest BCUT2D eigenvalue weighted by atomic mass is 10.1. The summed E-state index contributed by atoms with van der Waals surface area (Å²) in [6.07, 6.45) is 6.47. The number of rotatable bonds is 3. The first-order valence-corrected chi connectivity index (χ1v) is 8.93. The molecule has 0 aliphatic carbocycles. The summed E-state index contributed by atoms with van der Waals surface area (Å²) in [5.74, 6) is 0. The summed E-state index contributed by atoms with van der Waals surface area (Å²) in [6, 6.07) is 2.49. The Bertz CT molecular complexity index is 531. The van der Waals surface area contributed by atoms with Gasteiger partial charge in [-0.3, -0.25) is 4.98 Å². The van der Waals surface area contributed by atoms with Crippen LogP contribution < -0.4 is 5.32 Å². The molecule has 0 radical (unpaired) electrons. The van der Waals surface area contributed by atoms with Crippen LogP contribution in [-0.4, -0.2) is 40.7 Å². The molecule has 128 valence electrons. The molecule has 1 aromatic rings. The number of nitrogens with one attached hydrogen (secondary N) is 1. The van der Waals surface area contributed by atoms with Crippen LogP contribution in [0.1, 0.15) is 45.6 Å². The molecule has 0 bridgehead atoms. The zero-order valence-corrected chi connectivity index (χ0v) is 15.7. The van der Waals surface area contributed by atoms with E-state index in [9.17, 15) is 4.79 Å². The number of carbonyl (C=O) groups excluding carboxylic acids is 1. The van der Waals surface area contributed by atoms with E-state index in [2.05, 4.69) is 32.3 Å². The van der Waals surface area contributed by atoms with E-state index >= 15 is 0 Å². The van der Waals surface area contributed by atoms with Crippen molar-refractivity contribution in [3.63, 3.8) is 0 Å². The van der Waals surface area contributed by atoms with E-state index in [4.69, 9.17) is 4.74 Å². The molecule has 23 heavy (non-hydrogen) atoms. The fourth-order valence-electron chi connectivity index (χ4n) is 2.62. The molecule has 5 nitrogen and oxygen atoms in total. The molecule has 1 saturated heterocycles. The SMILES string of the molecule is CC(C)(C)OC(=O)N1CCCC(NCc2cncc(Br)c2)CC1. The van der Waals surface area contributed by atoms with E-state index in [-0.39, 0.29) is 6.09 Å². The second-order valence-corrected chi connectivity index (χ2v) is 7.90. The summed E-state index contributed by atoms with van der Waals surface area (Å²) in [4.78, 5) is 18.2. The van der Waals surface area contributed by atoms with Gasteiger partial charge in [0.15, 0.2) is 0 Å². The number of amides is 1. The predicted molar refractivity (Wildman–Crippen MR) is 94.2 cm³/mol. The normalized spacial score (nSPS) is 19.3. The number of hydrogen-bond acceptors (Lipinski definition) is 4. The standard InChI is InChI=1S/C17H26BrN3O2/c1-17(2,3)23-16(22)21-7-4-5-15(6-8-21)20-11-13-9-14(18)12-19-10-13/h9-10,12,15,20H,4-8,11H2,1-3H3. The third-order valence-electron chi connectivity index (χ3n) is 3.74. The number of carbonyl (C=O) groups is 1. The van der Waals surface area contributed by atoms with Crippen LogP contribution in [0.4, 0.5) is 4.79 Å². The van der Waals surface area contributed by atoms with Crippen LogP contribution in [-0.2, 0) is 11.3 Å². The average molecular weight is 384 g/mol. The maximum absolute atomic E-state index is 12.2. The molecule has 1 fully saturated rings. The number of nitrogens with zero attached hydrogens (tertiary/aromatic N) is 2. The van der Waals surface area contributed by atoms with Crippen molar-refractivity contribution in [1.82, 2.24) is 15.2 Å². The van der Waals surface area contributed by atoms with E-state index in [1.54, 1.807) is 6.20 Å². The lowest BCUT2D eigenvalue weighted by Gasteiger charge is -2.26. The van der Waals surface area contributed by atoms with Crippen molar-refractivity contribution in [2.75, 3.05) is 13.1 Å². The second kappa shape index (κ2) is 8.11. The summed E-state index contributed by atoms with van der Waals surface area (Å²) in [5.41, 5.74) is 0.724. The molecule has 1 unspecified atom stereocenters. The quantitative estimate of drug-likeness (QED) is 0.863. The van der Waals surface area contributed by atoms with Crippen molar-refractivity contribution >= 4 is 22.0 Å². The minimum absolute atomic E-state index is 0.200. The summed E-state index contributed by atoms with van der Waals surface area (Å²) < 4.78 is 6.46. The number of likely N-dealkylation sites (tertiary alicyclic amines) is 1. The molecule has 1 aromatic heterocycles. The summed E-state index contributed by atoms with van der Waals surface area (Å²) in [6.45, 7) is 8.01. The molecule has 0 aromatic carbocycles. The molecule has 1 aliphatic rings. The smallest absolute Gasteiger partial charge is 0.410 e. The van der Waals surface area contributed by atoms with E-state index in [1.165, 1.54) is 0 Å². The van der Waals surface area contributed by atoms with Crippen LogP contribution in [0.5, 0.6) is 0 Å². The highest BCUT2D eigenvalue weighted by Crippen LogP contribution is 2.16. The molecule has 1 amide bonds. The number of pyridine rings is 1. The van der Waals surface area contributed by atoms with Gasteiger partial charge in [0.05, 0.1) is 0 Å². The number of aromatic nitrogens is 1. The Kier molecular flexibility index (Phi) is 6.41. The predicted octanol–water partition coefficient (Wildman–Crippen LogP) is 3.72. The van der Waals surface area contributed by atoms with Gasteiger partial charge in [0.1, 0.15) is 5.60 Å². The van der Waals surface area contributed by atoms with E-state index < -0.39 is 5.60 Å². The van der Waals surface area contributed by atoms with Gasteiger partial charge in [0.25, 0.3) is 0 Å². The van der Waals surface area contributed by atoms with Gasteiger partial charge in [-0.05, 0) is 67.6 Å². The highest BCUT2D eigenvalue weighted by Gasteiger charge is 2.24. The summed E-state index contributed by atoms with van der Waals surface area (Å²) >= 11 is 3.44. The fraction of sp³-hybridized carbons (Fsp3) is 0.647. The zero-order valence-electron chi connectivity index (χ0n) is 14.1. The van der Waals surface area contributed by atoms with Crippen LogP contribution in [0.2, 0.25) is 0 Å². The van der Waals surface area contributed by atoms with Gasteiger partial charge in [-0.25, -0.2) is 4.79 Å². The highest BCUT2D eigenvalue weighted by atomic mass is 79.9. The van der Waals surface area contributed by atoms with E-state index in [0.29, 0.717) is 6.04 Å². The fourth-order valence-corrected chi connectivity index (χ4v) is 3.04. The van der Waals surface area contributed by atoms with E-state index in [1.807, 2.05) is 31.9 Å². The van der Waals surface area contributed by atoms with Crippen LogP contribution in [0.3, 0.4) is 0 Å². The Morgan fingerprint density at radius 2 is 2.17 bits per heavy atom. The van der Waals surface area contributed by atoms with Crippen molar-refractivity contribution in [3.8, 4) is 0 Å². The van der Waals surface area contributed by atoms with Gasteiger partial charge >= 0.3 is 6.09 Å². The average Bonchev–Trinajstić information content (AvgIpc) is 2.69. The van der Waals surface area contributed by atoms with Gasteiger partial charge in [-0.2, -0.15) is 0 Å². The monoisotopic (exact) mass is 383 g/mol. The van der Waals surface area contributed by atoms with Gasteiger partial charge in [-0.15, -0.1) is 0 Å². The maximum atomic E-state index is 12.2. The Balaban J connectivity index is 1.80. The highest BCUT2D eigenvalue weighted by molar-refractivity contribution is 9.10.